The van der Waals surface area contributed by atoms with Crippen molar-refractivity contribution in [1.29, 1.82) is 0 Å². The van der Waals surface area contributed by atoms with Crippen molar-refractivity contribution >= 4 is 103 Å². The summed E-state index contributed by atoms with van der Waals surface area (Å²) in [6, 6.07) is 81.6. The molecule has 294 valence electrons. The van der Waals surface area contributed by atoms with Gasteiger partial charge in [-0.1, -0.05) is 188 Å². The molecule has 2 heterocycles. The zero-order chi connectivity index (χ0) is 41.4. The number of fused-ring (bicyclic) bond motifs is 11. The maximum absolute atomic E-state index is 6.69. The molecule has 0 fully saturated rings. The Kier molecular flexibility index (Phi) is 8.12. The fourth-order valence-corrected chi connectivity index (χ4v) is 11.1. The van der Waals surface area contributed by atoms with Crippen LogP contribution in [0.25, 0.3) is 108 Å². The summed E-state index contributed by atoms with van der Waals surface area (Å²) in [6.07, 6.45) is 0. The Labute approximate surface area is 368 Å². The van der Waals surface area contributed by atoms with E-state index in [0.29, 0.717) is 0 Å². The molecule has 0 radical (unpaired) electrons. The highest BCUT2D eigenvalue weighted by molar-refractivity contribution is 7.27. The minimum atomic E-state index is 0.923. The first-order valence-corrected chi connectivity index (χ1v) is 22.3. The summed E-state index contributed by atoms with van der Waals surface area (Å²) in [5, 5.41) is 12.2. The van der Waals surface area contributed by atoms with Crippen LogP contribution < -0.4 is 4.90 Å². The molecule has 63 heavy (non-hydrogen) atoms. The summed E-state index contributed by atoms with van der Waals surface area (Å²) in [5.74, 6) is 0. The topological polar surface area (TPSA) is 16.4 Å². The number of anilines is 3. The standard InChI is InChI=1S/C60H37NOS/c1-2-11-38(12-3-1)40-25-31-46(32-26-40)61(56-48-16-7-6-15-45(48)37-55-54-36-30-43-14-5-9-18-51(43)59(54)63-60(55)56)47-33-27-41(28-34-47)39-21-23-44(24-22-39)50-19-10-20-52-53-35-29-42-13-4-8-17-49(42)58(53)62-57(50)52/h1-37H. The number of rotatable bonds is 6. The van der Waals surface area contributed by atoms with Crippen LogP contribution in [0.3, 0.4) is 0 Å². The lowest BCUT2D eigenvalue weighted by Gasteiger charge is -2.28. The lowest BCUT2D eigenvalue weighted by molar-refractivity contribution is 0.674. The molecule has 13 aromatic rings. The third kappa shape index (κ3) is 5.78. The third-order valence-electron chi connectivity index (χ3n) is 12.8. The summed E-state index contributed by atoms with van der Waals surface area (Å²) < 4.78 is 9.29. The average molecular weight is 820 g/mol. The molecule has 3 heteroatoms. The van der Waals surface area contributed by atoms with Gasteiger partial charge in [0.15, 0.2) is 0 Å². The molecule has 0 saturated heterocycles. The van der Waals surface area contributed by atoms with Gasteiger partial charge < -0.3 is 9.32 Å². The Morgan fingerprint density at radius 2 is 0.810 bits per heavy atom. The van der Waals surface area contributed by atoms with Gasteiger partial charge in [-0.3, -0.25) is 0 Å². The number of para-hydroxylation sites is 1. The van der Waals surface area contributed by atoms with Crippen LogP contribution in [0, 0.1) is 0 Å². The van der Waals surface area contributed by atoms with E-state index in [1.54, 1.807) is 0 Å². The van der Waals surface area contributed by atoms with Gasteiger partial charge >= 0.3 is 0 Å². The van der Waals surface area contributed by atoms with E-state index in [1.807, 2.05) is 11.3 Å². The molecular weight excluding hydrogens is 783 g/mol. The molecule has 0 unspecified atom stereocenters. The second kappa shape index (κ2) is 14.3. The second-order valence-corrected chi connectivity index (χ2v) is 17.4. The van der Waals surface area contributed by atoms with Crippen LogP contribution in [0.15, 0.2) is 229 Å². The van der Waals surface area contributed by atoms with Gasteiger partial charge in [-0.25, -0.2) is 0 Å². The predicted molar refractivity (Wildman–Crippen MR) is 270 cm³/mol. The number of thiophene rings is 1. The van der Waals surface area contributed by atoms with Crippen LogP contribution >= 0.6 is 11.3 Å². The van der Waals surface area contributed by atoms with Crippen LogP contribution in [0.1, 0.15) is 0 Å². The number of hydrogen-bond donors (Lipinski definition) is 0. The van der Waals surface area contributed by atoms with Gasteiger partial charge in [0.05, 0.1) is 10.4 Å². The minimum Gasteiger partial charge on any atom is -0.455 e. The fourth-order valence-electron chi connectivity index (χ4n) is 9.74. The maximum Gasteiger partial charge on any atom is 0.143 e. The van der Waals surface area contributed by atoms with Crippen LogP contribution in [0.5, 0.6) is 0 Å². The molecule has 0 atom stereocenters. The molecule has 0 aliphatic carbocycles. The minimum absolute atomic E-state index is 0.923. The largest absolute Gasteiger partial charge is 0.455 e. The van der Waals surface area contributed by atoms with Crippen molar-refractivity contribution in [3.8, 4) is 33.4 Å². The number of hydrogen-bond acceptors (Lipinski definition) is 3. The van der Waals surface area contributed by atoms with Crippen molar-refractivity contribution in [3.63, 3.8) is 0 Å². The Balaban J connectivity index is 0.937. The molecular formula is C60H37NOS. The van der Waals surface area contributed by atoms with Gasteiger partial charge in [0, 0.05) is 54.0 Å². The number of benzene rings is 11. The van der Waals surface area contributed by atoms with E-state index in [2.05, 4.69) is 229 Å². The Hall–Kier alpha value is -7.98. The smallest absolute Gasteiger partial charge is 0.143 e. The highest BCUT2D eigenvalue weighted by atomic mass is 32.1. The highest BCUT2D eigenvalue weighted by Gasteiger charge is 2.23. The summed E-state index contributed by atoms with van der Waals surface area (Å²) in [4.78, 5) is 2.47. The van der Waals surface area contributed by atoms with Crippen molar-refractivity contribution in [1.82, 2.24) is 0 Å². The van der Waals surface area contributed by atoms with E-state index in [4.69, 9.17) is 4.42 Å². The van der Waals surface area contributed by atoms with E-state index in [1.165, 1.54) is 63.9 Å². The van der Waals surface area contributed by atoms with Gasteiger partial charge in [-0.15, -0.1) is 11.3 Å². The van der Waals surface area contributed by atoms with Gasteiger partial charge in [0.1, 0.15) is 11.2 Å². The van der Waals surface area contributed by atoms with Crippen LogP contribution in [-0.4, -0.2) is 0 Å². The van der Waals surface area contributed by atoms with Gasteiger partial charge in [0.25, 0.3) is 0 Å². The summed E-state index contributed by atoms with van der Waals surface area (Å²) in [6.45, 7) is 0. The fraction of sp³-hybridized carbons (Fsp3) is 0. The monoisotopic (exact) mass is 819 g/mol. The molecule has 2 nitrogen and oxygen atoms in total. The first-order valence-electron chi connectivity index (χ1n) is 21.5. The molecule has 2 aromatic heterocycles. The second-order valence-electron chi connectivity index (χ2n) is 16.4. The number of nitrogens with zero attached hydrogens (tertiary/aromatic N) is 1. The van der Waals surface area contributed by atoms with E-state index in [0.717, 1.165) is 61.0 Å². The molecule has 0 N–H and O–H groups in total. The number of furan rings is 1. The van der Waals surface area contributed by atoms with Crippen LogP contribution in [0.4, 0.5) is 17.1 Å². The third-order valence-corrected chi connectivity index (χ3v) is 14.1. The zero-order valence-corrected chi connectivity index (χ0v) is 34.9. The zero-order valence-electron chi connectivity index (χ0n) is 34.1. The molecule has 0 bridgehead atoms. The summed E-state index contributed by atoms with van der Waals surface area (Å²) >= 11 is 1.90. The van der Waals surface area contributed by atoms with Gasteiger partial charge in [-0.05, 0) is 85.8 Å². The summed E-state index contributed by atoms with van der Waals surface area (Å²) in [5.41, 5.74) is 12.2. The normalized spacial score (nSPS) is 11.8. The molecule has 13 rings (SSSR count). The van der Waals surface area contributed by atoms with E-state index in [-0.39, 0.29) is 0 Å². The Morgan fingerprint density at radius 3 is 1.51 bits per heavy atom. The molecule has 0 aliphatic rings. The maximum atomic E-state index is 6.69. The molecule has 0 amide bonds. The van der Waals surface area contributed by atoms with Crippen LogP contribution in [-0.2, 0) is 0 Å². The quantitative estimate of drug-likeness (QED) is 0.166. The lowest BCUT2D eigenvalue weighted by Crippen LogP contribution is -2.10. The van der Waals surface area contributed by atoms with Crippen molar-refractivity contribution in [3.05, 3.63) is 224 Å². The average Bonchev–Trinajstić information content (AvgIpc) is 3.94. The first-order chi connectivity index (χ1) is 31.2. The molecule has 0 spiro atoms. The summed E-state index contributed by atoms with van der Waals surface area (Å²) in [7, 11) is 0. The SMILES string of the molecule is c1ccc(-c2ccc(N(c3ccc(-c4ccc(-c5cccc6c5oc5c7ccccc7ccc65)cc4)cc3)c3c4ccccc4cc4c3sc3c5ccccc5ccc43)cc2)cc1. The van der Waals surface area contributed by atoms with Crippen molar-refractivity contribution in [2.24, 2.45) is 0 Å². The van der Waals surface area contributed by atoms with Crippen molar-refractivity contribution < 1.29 is 4.42 Å². The van der Waals surface area contributed by atoms with Crippen molar-refractivity contribution in [2.45, 2.75) is 0 Å². The van der Waals surface area contributed by atoms with Gasteiger partial charge in [0.2, 0.25) is 0 Å². The van der Waals surface area contributed by atoms with Gasteiger partial charge in [-0.2, -0.15) is 0 Å². The van der Waals surface area contributed by atoms with Crippen LogP contribution in [0.2, 0.25) is 0 Å². The van der Waals surface area contributed by atoms with E-state index < -0.39 is 0 Å². The Morgan fingerprint density at radius 1 is 0.302 bits per heavy atom. The van der Waals surface area contributed by atoms with Crippen molar-refractivity contribution in [2.75, 3.05) is 4.90 Å². The van der Waals surface area contributed by atoms with E-state index in [9.17, 15) is 0 Å². The lowest BCUT2D eigenvalue weighted by atomic mass is 9.98. The Bertz CT molecular complexity index is 3880. The predicted octanol–water partition coefficient (Wildman–Crippen LogP) is 17.9. The molecule has 11 aromatic carbocycles. The highest BCUT2D eigenvalue weighted by Crippen LogP contribution is 2.50. The molecule has 0 aliphatic heterocycles. The first kappa shape index (κ1) is 35.7. The molecule has 0 saturated carbocycles. The van der Waals surface area contributed by atoms with E-state index >= 15 is 0 Å².